The van der Waals surface area contributed by atoms with Crippen molar-refractivity contribution in [2.45, 2.75) is 0 Å². The maximum absolute atomic E-state index is 3.60. The smallest absolute Gasteiger partial charge is 0.0464 e. The van der Waals surface area contributed by atoms with Crippen molar-refractivity contribution in [3.8, 4) is 11.1 Å². The Morgan fingerprint density at radius 3 is 1.11 bits per heavy atom. The third-order valence-electron chi connectivity index (χ3n) is 6.38. The average molecular weight is 594 g/mol. The molecule has 4 heteroatoms. The molecule has 0 aliphatic rings. The Labute approximate surface area is 227 Å². The van der Waals surface area contributed by atoms with Gasteiger partial charge in [0.25, 0.3) is 0 Å². The number of fused-ring (bicyclic) bond motifs is 2. The van der Waals surface area contributed by atoms with Gasteiger partial charge in [0.2, 0.25) is 0 Å². The first-order valence-corrected chi connectivity index (χ1v) is 13.3. The highest BCUT2D eigenvalue weighted by Crippen LogP contribution is 2.40. The van der Waals surface area contributed by atoms with Crippen LogP contribution in [0.2, 0.25) is 0 Å². The zero-order valence-corrected chi connectivity index (χ0v) is 22.5. The molecular formula is C32H22Br2N2. The predicted molar refractivity (Wildman–Crippen MR) is 162 cm³/mol. The van der Waals surface area contributed by atoms with Gasteiger partial charge in [0.1, 0.15) is 0 Å². The highest BCUT2D eigenvalue weighted by atomic mass is 79.9. The van der Waals surface area contributed by atoms with Gasteiger partial charge in [-0.3, -0.25) is 0 Å². The molecule has 0 heterocycles. The Hall–Kier alpha value is -3.60. The summed E-state index contributed by atoms with van der Waals surface area (Å²) in [5.74, 6) is 0. The van der Waals surface area contributed by atoms with Gasteiger partial charge in [-0.1, -0.05) is 92.5 Å². The van der Waals surface area contributed by atoms with Crippen LogP contribution in [0.3, 0.4) is 0 Å². The molecule has 0 saturated heterocycles. The van der Waals surface area contributed by atoms with Gasteiger partial charge >= 0.3 is 0 Å². The molecule has 36 heavy (non-hydrogen) atoms. The number of hydrogen-bond acceptors (Lipinski definition) is 2. The van der Waals surface area contributed by atoms with E-state index in [0.717, 1.165) is 31.7 Å². The minimum Gasteiger partial charge on any atom is -0.355 e. The molecule has 0 saturated carbocycles. The maximum atomic E-state index is 3.60. The van der Waals surface area contributed by atoms with Crippen molar-refractivity contribution < 1.29 is 0 Å². The van der Waals surface area contributed by atoms with Crippen molar-refractivity contribution in [1.82, 2.24) is 0 Å². The molecule has 6 aromatic rings. The second kappa shape index (κ2) is 9.81. The van der Waals surface area contributed by atoms with Crippen molar-refractivity contribution in [2.75, 3.05) is 10.6 Å². The molecule has 2 N–H and O–H groups in total. The van der Waals surface area contributed by atoms with Crippen LogP contribution in [0, 0.1) is 0 Å². The zero-order chi connectivity index (χ0) is 24.5. The molecule has 0 aliphatic carbocycles. The Morgan fingerprint density at radius 2 is 0.722 bits per heavy atom. The molecule has 174 valence electrons. The van der Waals surface area contributed by atoms with Crippen LogP contribution in [-0.4, -0.2) is 0 Å². The number of anilines is 4. The summed E-state index contributed by atoms with van der Waals surface area (Å²) in [6.07, 6.45) is 0. The van der Waals surface area contributed by atoms with E-state index in [1.807, 2.05) is 0 Å². The fourth-order valence-corrected chi connectivity index (χ4v) is 5.19. The number of hydrogen-bond donors (Lipinski definition) is 2. The third kappa shape index (κ3) is 4.50. The van der Waals surface area contributed by atoms with Crippen molar-refractivity contribution in [2.24, 2.45) is 0 Å². The lowest BCUT2D eigenvalue weighted by atomic mass is 9.92. The molecule has 0 amide bonds. The molecule has 0 unspecified atom stereocenters. The van der Waals surface area contributed by atoms with Crippen molar-refractivity contribution in [3.05, 3.63) is 130 Å². The Bertz CT molecular complexity index is 1560. The highest BCUT2D eigenvalue weighted by Gasteiger charge is 2.13. The molecule has 6 aromatic carbocycles. The standard InChI is InChI=1S/C32H22Br2N2/c33-21-9-13-23(14-10-21)35-31-19-17-27(25-5-1-3-7-29(25)31)28-18-20-32(30-8-4-2-6-26(28)30)36-24-15-11-22(34)12-16-24/h1-20,35-36H. The number of nitrogens with one attached hydrogen (secondary N) is 2. The van der Waals surface area contributed by atoms with Gasteiger partial charge in [-0.15, -0.1) is 0 Å². The van der Waals surface area contributed by atoms with Crippen LogP contribution in [0.1, 0.15) is 0 Å². The Balaban J connectivity index is 1.45. The Morgan fingerprint density at radius 1 is 0.361 bits per heavy atom. The van der Waals surface area contributed by atoms with E-state index in [1.165, 1.54) is 32.7 Å². The first-order chi connectivity index (χ1) is 17.7. The van der Waals surface area contributed by atoms with E-state index < -0.39 is 0 Å². The molecule has 0 aromatic heterocycles. The summed E-state index contributed by atoms with van der Waals surface area (Å²) < 4.78 is 2.14. The van der Waals surface area contributed by atoms with Crippen LogP contribution in [0.15, 0.2) is 130 Å². The first-order valence-electron chi connectivity index (χ1n) is 11.7. The van der Waals surface area contributed by atoms with Crippen molar-refractivity contribution >= 4 is 76.2 Å². The van der Waals surface area contributed by atoms with Gasteiger partial charge in [-0.25, -0.2) is 0 Å². The Kier molecular flexibility index (Phi) is 6.22. The van der Waals surface area contributed by atoms with Crippen LogP contribution < -0.4 is 10.6 Å². The molecule has 0 spiro atoms. The normalized spacial score (nSPS) is 11.1. The molecule has 0 aliphatic heterocycles. The van der Waals surface area contributed by atoms with E-state index in [4.69, 9.17) is 0 Å². The monoisotopic (exact) mass is 592 g/mol. The van der Waals surface area contributed by atoms with Gasteiger partial charge in [0, 0.05) is 42.5 Å². The zero-order valence-electron chi connectivity index (χ0n) is 19.3. The SMILES string of the molecule is Brc1ccc(Nc2ccc(-c3ccc(Nc4ccc(Br)cc4)c4ccccc34)c3ccccc23)cc1. The largest absolute Gasteiger partial charge is 0.355 e. The van der Waals surface area contributed by atoms with E-state index >= 15 is 0 Å². The lowest BCUT2D eigenvalue weighted by molar-refractivity contribution is 1.55. The van der Waals surface area contributed by atoms with E-state index in [-0.39, 0.29) is 0 Å². The average Bonchev–Trinajstić information content (AvgIpc) is 2.92. The molecule has 2 nitrogen and oxygen atoms in total. The second-order valence-electron chi connectivity index (χ2n) is 8.68. The lowest BCUT2D eigenvalue weighted by Crippen LogP contribution is -1.94. The summed E-state index contributed by atoms with van der Waals surface area (Å²) in [5, 5.41) is 12.0. The van der Waals surface area contributed by atoms with Gasteiger partial charge in [-0.2, -0.15) is 0 Å². The fraction of sp³-hybridized carbons (Fsp3) is 0. The topological polar surface area (TPSA) is 24.1 Å². The minimum atomic E-state index is 1.06. The number of benzene rings is 6. The highest BCUT2D eigenvalue weighted by molar-refractivity contribution is 9.10. The fourth-order valence-electron chi connectivity index (χ4n) is 4.66. The summed E-state index contributed by atoms with van der Waals surface area (Å²) in [5.41, 5.74) is 6.75. The van der Waals surface area contributed by atoms with Crippen LogP contribution in [0.4, 0.5) is 22.7 Å². The van der Waals surface area contributed by atoms with E-state index in [2.05, 4.69) is 164 Å². The van der Waals surface area contributed by atoms with Crippen LogP contribution in [0.25, 0.3) is 32.7 Å². The molecule has 0 radical (unpaired) electrons. The van der Waals surface area contributed by atoms with Gasteiger partial charge < -0.3 is 10.6 Å². The van der Waals surface area contributed by atoms with Crippen molar-refractivity contribution in [3.63, 3.8) is 0 Å². The van der Waals surface area contributed by atoms with Crippen LogP contribution >= 0.6 is 31.9 Å². The summed E-state index contributed by atoms with van der Waals surface area (Å²) in [6.45, 7) is 0. The van der Waals surface area contributed by atoms with Gasteiger partial charge in [0.05, 0.1) is 0 Å². The first kappa shape index (κ1) is 22.8. The van der Waals surface area contributed by atoms with E-state index in [1.54, 1.807) is 0 Å². The van der Waals surface area contributed by atoms with E-state index in [9.17, 15) is 0 Å². The van der Waals surface area contributed by atoms with Gasteiger partial charge in [-0.05, 0) is 82.6 Å². The molecule has 0 bridgehead atoms. The van der Waals surface area contributed by atoms with Crippen LogP contribution in [-0.2, 0) is 0 Å². The summed E-state index contributed by atoms with van der Waals surface area (Å²) in [4.78, 5) is 0. The number of rotatable bonds is 5. The second-order valence-corrected chi connectivity index (χ2v) is 10.5. The van der Waals surface area contributed by atoms with E-state index in [0.29, 0.717) is 0 Å². The van der Waals surface area contributed by atoms with Crippen molar-refractivity contribution in [1.29, 1.82) is 0 Å². The maximum Gasteiger partial charge on any atom is 0.0464 e. The third-order valence-corrected chi connectivity index (χ3v) is 7.44. The molecule has 0 fully saturated rings. The summed E-state index contributed by atoms with van der Waals surface area (Å²) in [6, 6.07) is 42.6. The molecular weight excluding hydrogens is 572 g/mol. The lowest BCUT2D eigenvalue weighted by Gasteiger charge is -2.17. The minimum absolute atomic E-state index is 1.06. The molecule has 0 atom stereocenters. The quantitative estimate of drug-likeness (QED) is 0.208. The summed E-state index contributed by atoms with van der Waals surface area (Å²) in [7, 11) is 0. The van der Waals surface area contributed by atoms with Crippen LogP contribution in [0.5, 0.6) is 0 Å². The summed E-state index contributed by atoms with van der Waals surface area (Å²) >= 11 is 7.04. The number of halogens is 2. The van der Waals surface area contributed by atoms with Gasteiger partial charge in [0.15, 0.2) is 0 Å². The molecule has 6 rings (SSSR count). The predicted octanol–water partition coefficient (Wildman–Crippen LogP) is 10.7.